The van der Waals surface area contributed by atoms with Crippen molar-refractivity contribution in [2.45, 2.75) is 39.2 Å². The molecule has 0 saturated heterocycles. The fraction of sp³-hybridized carbons (Fsp3) is 0.600. The van der Waals surface area contributed by atoms with Crippen LogP contribution in [0.3, 0.4) is 0 Å². The van der Waals surface area contributed by atoms with Crippen LogP contribution < -0.4 is 10.1 Å². The summed E-state index contributed by atoms with van der Waals surface area (Å²) in [5.74, 6) is 0.855. The molecule has 1 aromatic rings. The largest absolute Gasteiger partial charge is 0.494 e. The van der Waals surface area contributed by atoms with Crippen molar-refractivity contribution < 1.29 is 4.74 Å². The van der Waals surface area contributed by atoms with E-state index in [9.17, 15) is 0 Å². The smallest absolute Gasteiger partial charge is 0.147 e. The number of halogens is 2. The molecule has 0 atom stereocenters. The Balaban J connectivity index is 1.90. The van der Waals surface area contributed by atoms with Gasteiger partial charge in [-0.05, 0) is 74.2 Å². The van der Waals surface area contributed by atoms with Crippen LogP contribution in [0.25, 0.3) is 0 Å². The van der Waals surface area contributed by atoms with E-state index in [2.05, 4.69) is 56.2 Å². The predicted octanol–water partition coefficient (Wildman–Crippen LogP) is 4.89. The van der Waals surface area contributed by atoms with Gasteiger partial charge in [0.1, 0.15) is 5.75 Å². The first kappa shape index (κ1) is 15.3. The first-order chi connectivity index (χ1) is 9.10. The van der Waals surface area contributed by atoms with E-state index in [1.807, 2.05) is 0 Å². The van der Waals surface area contributed by atoms with Crippen LogP contribution in [0.4, 0.5) is 0 Å². The number of hydrogen-bond acceptors (Lipinski definition) is 2. The highest BCUT2D eigenvalue weighted by molar-refractivity contribution is 9.11. The molecule has 0 aromatic heterocycles. The highest BCUT2D eigenvalue weighted by Crippen LogP contribution is 2.49. The van der Waals surface area contributed by atoms with Gasteiger partial charge in [-0.3, -0.25) is 0 Å². The minimum absolute atomic E-state index is 0.607. The minimum atomic E-state index is 0.607. The molecular formula is C15H21Br2NO. The number of ether oxygens (including phenoxy) is 1. The van der Waals surface area contributed by atoms with Crippen molar-refractivity contribution in [2.24, 2.45) is 5.41 Å². The van der Waals surface area contributed by atoms with Gasteiger partial charge in [-0.2, -0.15) is 0 Å². The van der Waals surface area contributed by atoms with E-state index in [4.69, 9.17) is 4.74 Å². The van der Waals surface area contributed by atoms with Crippen LogP contribution in [-0.4, -0.2) is 13.7 Å². The van der Waals surface area contributed by atoms with Crippen molar-refractivity contribution in [1.82, 2.24) is 5.32 Å². The lowest BCUT2D eigenvalue weighted by atomic mass is 10.0. The monoisotopic (exact) mass is 389 g/mol. The van der Waals surface area contributed by atoms with Crippen LogP contribution >= 0.6 is 31.9 Å². The first-order valence-electron chi connectivity index (χ1n) is 6.83. The fourth-order valence-electron chi connectivity index (χ4n) is 2.60. The lowest BCUT2D eigenvalue weighted by molar-refractivity contribution is 0.408. The Hall–Kier alpha value is -0.0600. The summed E-state index contributed by atoms with van der Waals surface area (Å²) in [7, 11) is 1.68. The molecule has 0 amide bonds. The van der Waals surface area contributed by atoms with E-state index in [1.165, 1.54) is 31.2 Å². The maximum absolute atomic E-state index is 5.32. The summed E-state index contributed by atoms with van der Waals surface area (Å²) < 4.78 is 7.31. The third-order valence-electron chi connectivity index (χ3n) is 3.83. The van der Waals surface area contributed by atoms with E-state index in [0.29, 0.717) is 5.41 Å². The zero-order chi connectivity index (χ0) is 13.9. The summed E-state index contributed by atoms with van der Waals surface area (Å²) in [5.41, 5.74) is 1.88. The molecule has 106 valence electrons. The fourth-order valence-corrected chi connectivity index (χ4v) is 4.21. The minimum Gasteiger partial charge on any atom is -0.494 e. The van der Waals surface area contributed by atoms with Gasteiger partial charge >= 0.3 is 0 Å². The van der Waals surface area contributed by atoms with Crippen molar-refractivity contribution >= 4 is 31.9 Å². The van der Waals surface area contributed by atoms with Gasteiger partial charge < -0.3 is 10.1 Å². The maximum atomic E-state index is 5.32. The second-order valence-corrected chi connectivity index (χ2v) is 7.15. The summed E-state index contributed by atoms with van der Waals surface area (Å²) >= 11 is 7.09. The van der Waals surface area contributed by atoms with E-state index in [0.717, 1.165) is 27.8 Å². The van der Waals surface area contributed by atoms with E-state index in [-0.39, 0.29) is 0 Å². The standard InChI is InChI=1S/C15H21Br2NO/c1-3-4-15(5-6-15)10-18-9-11-7-12(16)14(19-2)13(17)8-11/h7-8,18H,3-6,9-10H2,1-2H3. The summed E-state index contributed by atoms with van der Waals surface area (Å²) in [6, 6.07) is 4.24. The van der Waals surface area contributed by atoms with Crippen LogP contribution in [0.2, 0.25) is 0 Å². The van der Waals surface area contributed by atoms with Gasteiger partial charge in [0.2, 0.25) is 0 Å². The number of benzene rings is 1. The van der Waals surface area contributed by atoms with Crippen molar-refractivity contribution in [1.29, 1.82) is 0 Å². The quantitative estimate of drug-likeness (QED) is 0.715. The summed E-state index contributed by atoms with van der Waals surface area (Å²) in [6.45, 7) is 4.33. The van der Waals surface area contributed by atoms with Crippen molar-refractivity contribution in [3.05, 3.63) is 26.6 Å². The Morgan fingerprint density at radius 3 is 2.37 bits per heavy atom. The average molecular weight is 391 g/mol. The number of rotatable bonds is 7. The van der Waals surface area contributed by atoms with Gasteiger partial charge in [0, 0.05) is 13.1 Å². The lowest BCUT2D eigenvalue weighted by Gasteiger charge is -2.15. The van der Waals surface area contributed by atoms with Crippen molar-refractivity contribution in [2.75, 3.05) is 13.7 Å². The van der Waals surface area contributed by atoms with Crippen molar-refractivity contribution in [3.63, 3.8) is 0 Å². The SMILES string of the molecule is CCCC1(CNCc2cc(Br)c(OC)c(Br)c2)CC1. The number of methoxy groups -OCH3 is 1. The molecule has 1 aliphatic rings. The van der Waals surface area contributed by atoms with Crippen LogP contribution in [0.1, 0.15) is 38.2 Å². The zero-order valence-electron chi connectivity index (χ0n) is 11.6. The molecule has 2 nitrogen and oxygen atoms in total. The maximum Gasteiger partial charge on any atom is 0.147 e. The molecule has 19 heavy (non-hydrogen) atoms. The van der Waals surface area contributed by atoms with Crippen LogP contribution in [0.15, 0.2) is 21.1 Å². The van der Waals surface area contributed by atoms with Crippen LogP contribution in [-0.2, 0) is 6.54 Å². The highest BCUT2D eigenvalue weighted by Gasteiger charge is 2.40. The Morgan fingerprint density at radius 1 is 1.26 bits per heavy atom. The van der Waals surface area contributed by atoms with Gasteiger partial charge in [0.15, 0.2) is 0 Å². The highest BCUT2D eigenvalue weighted by atomic mass is 79.9. The van der Waals surface area contributed by atoms with E-state index < -0.39 is 0 Å². The van der Waals surface area contributed by atoms with Crippen LogP contribution in [0.5, 0.6) is 5.75 Å². The predicted molar refractivity (Wildman–Crippen MR) is 86.7 cm³/mol. The Labute approximate surface area is 132 Å². The molecule has 0 bridgehead atoms. The molecule has 2 rings (SSSR count). The molecule has 1 fully saturated rings. The van der Waals surface area contributed by atoms with Gasteiger partial charge in [-0.25, -0.2) is 0 Å². The number of hydrogen-bond donors (Lipinski definition) is 1. The van der Waals surface area contributed by atoms with Gasteiger partial charge in [0.25, 0.3) is 0 Å². The molecular weight excluding hydrogens is 370 g/mol. The lowest BCUT2D eigenvalue weighted by Crippen LogP contribution is -2.23. The Bertz CT molecular complexity index is 421. The van der Waals surface area contributed by atoms with Crippen LogP contribution in [0, 0.1) is 5.41 Å². The summed E-state index contributed by atoms with van der Waals surface area (Å²) in [5, 5.41) is 3.60. The van der Waals surface area contributed by atoms with E-state index in [1.54, 1.807) is 7.11 Å². The first-order valence-corrected chi connectivity index (χ1v) is 8.41. The summed E-state index contributed by atoms with van der Waals surface area (Å²) in [6.07, 6.45) is 5.44. The molecule has 1 aliphatic carbocycles. The van der Waals surface area contributed by atoms with E-state index >= 15 is 0 Å². The summed E-state index contributed by atoms with van der Waals surface area (Å²) in [4.78, 5) is 0. The second-order valence-electron chi connectivity index (χ2n) is 5.45. The zero-order valence-corrected chi connectivity index (χ0v) is 14.7. The molecule has 1 saturated carbocycles. The molecule has 4 heteroatoms. The molecule has 0 unspecified atom stereocenters. The van der Waals surface area contributed by atoms with Gasteiger partial charge in [-0.1, -0.05) is 13.3 Å². The average Bonchev–Trinajstić information content (AvgIpc) is 3.09. The molecule has 0 radical (unpaired) electrons. The molecule has 1 aromatic carbocycles. The third kappa shape index (κ3) is 3.96. The van der Waals surface area contributed by atoms with Gasteiger partial charge in [0.05, 0.1) is 16.1 Å². The molecule has 0 spiro atoms. The molecule has 0 heterocycles. The molecule has 1 N–H and O–H groups in total. The van der Waals surface area contributed by atoms with Crippen molar-refractivity contribution in [3.8, 4) is 5.75 Å². The van der Waals surface area contributed by atoms with Gasteiger partial charge in [-0.15, -0.1) is 0 Å². The second kappa shape index (κ2) is 6.59. The Kier molecular flexibility index (Phi) is 5.32. The number of nitrogens with one attached hydrogen (secondary N) is 1. The topological polar surface area (TPSA) is 21.3 Å². The molecule has 0 aliphatic heterocycles. The third-order valence-corrected chi connectivity index (χ3v) is 5.01. The Morgan fingerprint density at radius 2 is 1.89 bits per heavy atom. The normalized spacial score (nSPS) is 16.4.